The number of nitrogens with one attached hydrogen (secondary N) is 2. The molecule has 25 heavy (non-hydrogen) atoms. The number of hydrogen-bond donors (Lipinski definition) is 3. The second kappa shape index (κ2) is 7.16. The van der Waals surface area contributed by atoms with Gasteiger partial charge >= 0.3 is 6.03 Å². The van der Waals surface area contributed by atoms with Crippen LogP contribution >= 0.6 is 27.5 Å². The zero-order valence-corrected chi connectivity index (χ0v) is 15.5. The SMILES string of the molecule is Cn1ncc(Br)c1-c1cc(NC(=O)Nc2cccc(Cl)c2)ccc1O. The number of urea groups is 1. The molecule has 0 unspecified atom stereocenters. The first kappa shape index (κ1) is 17.3. The van der Waals surface area contributed by atoms with Gasteiger partial charge in [-0.3, -0.25) is 4.68 Å². The van der Waals surface area contributed by atoms with Crippen LogP contribution in [-0.4, -0.2) is 20.9 Å². The summed E-state index contributed by atoms with van der Waals surface area (Å²) in [6.07, 6.45) is 1.64. The van der Waals surface area contributed by atoms with E-state index in [0.717, 1.165) is 4.47 Å². The molecule has 8 heteroatoms. The lowest BCUT2D eigenvalue weighted by atomic mass is 10.1. The molecule has 0 atom stereocenters. The van der Waals surface area contributed by atoms with Gasteiger partial charge in [-0.1, -0.05) is 17.7 Å². The number of amides is 2. The summed E-state index contributed by atoms with van der Waals surface area (Å²) >= 11 is 9.31. The number of aryl methyl sites for hydroxylation is 1. The first-order valence-corrected chi connectivity index (χ1v) is 8.45. The van der Waals surface area contributed by atoms with E-state index in [2.05, 4.69) is 31.7 Å². The van der Waals surface area contributed by atoms with Crippen LogP contribution in [0.5, 0.6) is 5.75 Å². The van der Waals surface area contributed by atoms with Gasteiger partial charge in [0.05, 0.1) is 16.4 Å². The topological polar surface area (TPSA) is 79.2 Å². The summed E-state index contributed by atoms with van der Waals surface area (Å²) in [5, 5.41) is 20.2. The Hall–Kier alpha value is -2.51. The Morgan fingerprint density at radius 1 is 1.20 bits per heavy atom. The van der Waals surface area contributed by atoms with Crippen molar-refractivity contribution in [2.24, 2.45) is 7.05 Å². The molecule has 0 aliphatic rings. The van der Waals surface area contributed by atoms with Gasteiger partial charge in [0, 0.05) is 29.0 Å². The number of halogens is 2. The molecule has 3 rings (SSSR count). The Kier molecular flexibility index (Phi) is 4.96. The average Bonchev–Trinajstić information content (AvgIpc) is 2.88. The zero-order chi connectivity index (χ0) is 18.0. The van der Waals surface area contributed by atoms with Crippen molar-refractivity contribution < 1.29 is 9.90 Å². The Bertz CT molecular complexity index is 923. The summed E-state index contributed by atoms with van der Waals surface area (Å²) < 4.78 is 2.38. The molecular weight excluding hydrogens is 408 g/mol. The fraction of sp³-hybridized carbons (Fsp3) is 0.0588. The van der Waals surface area contributed by atoms with Crippen molar-refractivity contribution in [2.45, 2.75) is 0 Å². The standard InChI is InChI=1S/C17H14BrClN4O2/c1-23-16(14(18)9-20-23)13-8-12(5-6-15(13)24)22-17(25)21-11-4-2-3-10(19)7-11/h2-9,24H,1H3,(H2,21,22,25). The van der Waals surface area contributed by atoms with E-state index in [-0.39, 0.29) is 5.75 Å². The number of phenolic OH excluding ortho intramolecular Hbond substituents is 1. The van der Waals surface area contributed by atoms with E-state index in [9.17, 15) is 9.90 Å². The number of aromatic nitrogens is 2. The fourth-order valence-corrected chi connectivity index (χ4v) is 3.13. The van der Waals surface area contributed by atoms with Gasteiger partial charge in [0.2, 0.25) is 0 Å². The van der Waals surface area contributed by atoms with Crippen molar-refractivity contribution in [1.29, 1.82) is 0 Å². The molecule has 0 fully saturated rings. The van der Waals surface area contributed by atoms with Gasteiger partial charge in [-0.25, -0.2) is 4.79 Å². The van der Waals surface area contributed by atoms with E-state index >= 15 is 0 Å². The van der Waals surface area contributed by atoms with Gasteiger partial charge in [0.15, 0.2) is 0 Å². The smallest absolute Gasteiger partial charge is 0.323 e. The highest BCUT2D eigenvalue weighted by Gasteiger charge is 2.14. The minimum Gasteiger partial charge on any atom is -0.507 e. The lowest BCUT2D eigenvalue weighted by Gasteiger charge is -2.11. The fourth-order valence-electron chi connectivity index (χ4n) is 2.38. The molecule has 1 aromatic heterocycles. The van der Waals surface area contributed by atoms with Crippen molar-refractivity contribution in [3.05, 3.63) is 58.2 Å². The van der Waals surface area contributed by atoms with Gasteiger partial charge in [-0.2, -0.15) is 5.10 Å². The number of carbonyl (C=O) groups excluding carboxylic acids is 1. The van der Waals surface area contributed by atoms with Gasteiger partial charge in [0.1, 0.15) is 5.75 Å². The second-order valence-electron chi connectivity index (χ2n) is 5.29. The van der Waals surface area contributed by atoms with Crippen LogP contribution in [0.25, 0.3) is 11.3 Å². The Labute approximate surface area is 157 Å². The van der Waals surface area contributed by atoms with Crippen LogP contribution in [0.4, 0.5) is 16.2 Å². The molecule has 3 N–H and O–H groups in total. The summed E-state index contributed by atoms with van der Waals surface area (Å²) in [6.45, 7) is 0. The molecule has 0 aliphatic carbocycles. The minimum atomic E-state index is -0.414. The maximum absolute atomic E-state index is 12.2. The third-order valence-electron chi connectivity index (χ3n) is 3.49. The summed E-state index contributed by atoms with van der Waals surface area (Å²) in [5.41, 5.74) is 2.36. The Morgan fingerprint density at radius 3 is 2.56 bits per heavy atom. The second-order valence-corrected chi connectivity index (χ2v) is 6.58. The average molecular weight is 422 g/mol. The first-order valence-electron chi connectivity index (χ1n) is 7.28. The molecule has 6 nitrogen and oxygen atoms in total. The number of aromatic hydroxyl groups is 1. The number of rotatable bonds is 3. The van der Waals surface area contributed by atoms with E-state index in [0.29, 0.717) is 27.7 Å². The highest BCUT2D eigenvalue weighted by molar-refractivity contribution is 9.10. The number of phenols is 1. The molecule has 0 radical (unpaired) electrons. The van der Waals surface area contributed by atoms with E-state index < -0.39 is 6.03 Å². The molecule has 0 spiro atoms. The maximum Gasteiger partial charge on any atom is 0.323 e. The summed E-state index contributed by atoms with van der Waals surface area (Å²) in [6, 6.07) is 11.2. The number of anilines is 2. The van der Waals surface area contributed by atoms with Crippen LogP contribution in [0, 0.1) is 0 Å². The number of carbonyl (C=O) groups is 1. The van der Waals surface area contributed by atoms with E-state index in [1.807, 2.05) is 0 Å². The molecule has 128 valence electrons. The van der Waals surface area contributed by atoms with Crippen molar-refractivity contribution in [2.75, 3.05) is 10.6 Å². The highest BCUT2D eigenvalue weighted by atomic mass is 79.9. The lowest BCUT2D eigenvalue weighted by molar-refractivity contribution is 0.262. The summed E-state index contributed by atoms with van der Waals surface area (Å²) in [5.74, 6) is 0.0881. The first-order chi connectivity index (χ1) is 11.9. The third kappa shape index (κ3) is 3.94. The molecule has 0 bridgehead atoms. The van der Waals surface area contributed by atoms with Crippen molar-refractivity contribution in [1.82, 2.24) is 9.78 Å². The van der Waals surface area contributed by atoms with Crippen LogP contribution in [0.3, 0.4) is 0 Å². The molecule has 2 aromatic carbocycles. The molecule has 2 amide bonds. The Balaban J connectivity index is 1.82. The number of hydrogen-bond acceptors (Lipinski definition) is 3. The molecular formula is C17H14BrClN4O2. The van der Waals surface area contributed by atoms with Crippen molar-refractivity contribution in [3.8, 4) is 17.0 Å². The van der Waals surface area contributed by atoms with Crippen LogP contribution in [0.1, 0.15) is 0 Å². The Morgan fingerprint density at radius 2 is 1.92 bits per heavy atom. The van der Waals surface area contributed by atoms with Crippen molar-refractivity contribution >= 4 is 44.9 Å². The molecule has 0 saturated heterocycles. The van der Waals surface area contributed by atoms with Gasteiger partial charge in [0.25, 0.3) is 0 Å². The van der Waals surface area contributed by atoms with Crippen molar-refractivity contribution in [3.63, 3.8) is 0 Å². The number of benzene rings is 2. The summed E-state index contributed by atoms with van der Waals surface area (Å²) in [7, 11) is 1.77. The van der Waals surface area contributed by atoms with E-state index in [4.69, 9.17) is 11.6 Å². The zero-order valence-electron chi connectivity index (χ0n) is 13.1. The van der Waals surface area contributed by atoms with Gasteiger partial charge < -0.3 is 15.7 Å². The van der Waals surface area contributed by atoms with Crippen LogP contribution in [0.15, 0.2) is 53.1 Å². The monoisotopic (exact) mass is 420 g/mol. The summed E-state index contributed by atoms with van der Waals surface area (Å²) in [4.78, 5) is 12.2. The van der Waals surface area contributed by atoms with Crippen LogP contribution in [0.2, 0.25) is 5.02 Å². The van der Waals surface area contributed by atoms with Crippen LogP contribution < -0.4 is 10.6 Å². The quantitative estimate of drug-likeness (QED) is 0.529. The molecule has 0 aliphatic heterocycles. The number of nitrogens with zero attached hydrogens (tertiary/aromatic N) is 2. The minimum absolute atomic E-state index is 0.0881. The molecule has 0 saturated carbocycles. The lowest BCUT2D eigenvalue weighted by Crippen LogP contribution is -2.19. The van der Waals surface area contributed by atoms with E-state index in [1.165, 1.54) is 6.07 Å². The molecule has 3 aromatic rings. The van der Waals surface area contributed by atoms with Crippen LogP contribution in [-0.2, 0) is 7.05 Å². The largest absolute Gasteiger partial charge is 0.507 e. The van der Waals surface area contributed by atoms with Gasteiger partial charge in [-0.15, -0.1) is 0 Å². The molecule has 1 heterocycles. The predicted molar refractivity (Wildman–Crippen MR) is 102 cm³/mol. The normalized spacial score (nSPS) is 10.5. The third-order valence-corrected chi connectivity index (χ3v) is 4.30. The van der Waals surface area contributed by atoms with E-state index in [1.54, 1.807) is 54.3 Å². The predicted octanol–water partition coefficient (Wildman–Crippen LogP) is 4.85. The highest BCUT2D eigenvalue weighted by Crippen LogP contribution is 2.35. The van der Waals surface area contributed by atoms with Gasteiger partial charge in [-0.05, 0) is 52.3 Å². The maximum atomic E-state index is 12.2.